The van der Waals surface area contributed by atoms with Crippen molar-refractivity contribution in [3.8, 4) is 0 Å². The number of alkyl halides is 3. The quantitative estimate of drug-likeness (QED) is 0.845. The van der Waals surface area contributed by atoms with Crippen LogP contribution < -0.4 is 11.1 Å². The van der Waals surface area contributed by atoms with E-state index in [9.17, 15) is 13.2 Å². The zero-order valence-electron chi connectivity index (χ0n) is 9.87. The van der Waals surface area contributed by atoms with Gasteiger partial charge in [0.25, 0.3) is 0 Å². The van der Waals surface area contributed by atoms with E-state index in [0.717, 1.165) is 10.9 Å². The van der Waals surface area contributed by atoms with Crippen LogP contribution >= 0.6 is 11.8 Å². The van der Waals surface area contributed by atoms with Crippen molar-refractivity contribution in [1.82, 2.24) is 4.98 Å². The molecule has 102 valence electrons. The van der Waals surface area contributed by atoms with Gasteiger partial charge in [-0.1, -0.05) is 18.2 Å². The number of thioether (sulfide) groups is 1. The molecule has 2 aromatic rings. The fourth-order valence-corrected chi connectivity index (χ4v) is 2.13. The van der Waals surface area contributed by atoms with Crippen LogP contribution in [0.2, 0.25) is 0 Å². The van der Waals surface area contributed by atoms with Crippen LogP contribution in [-0.4, -0.2) is 22.8 Å². The van der Waals surface area contributed by atoms with E-state index in [2.05, 4.69) is 10.3 Å². The second-order valence-electron chi connectivity index (χ2n) is 3.83. The smallest absolute Gasteiger partial charge is 0.396 e. The summed E-state index contributed by atoms with van der Waals surface area (Å²) in [5, 5.41) is 3.75. The lowest BCUT2D eigenvalue weighted by Gasteiger charge is -2.12. The maximum Gasteiger partial charge on any atom is 0.441 e. The van der Waals surface area contributed by atoms with Gasteiger partial charge in [-0.3, -0.25) is 4.98 Å². The van der Waals surface area contributed by atoms with Crippen molar-refractivity contribution in [2.45, 2.75) is 5.51 Å². The highest BCUT2D eigenvalue weighted by Crippen LogP contribution is 2.31. The summed E-state index contributed by atoms with van der Waals surface area (Å²) in [5.41, 5.74) is 3.41. The number of hydrogen-bond donors (Lipinski definition) is 2. The highest BCUT2D eigenvalue weighted by molar-refractivity contribution is 8.00. The summed E-state index contributed by atoms with van der Waals surface area (Å²) in [4.78, 5) is 4.16. The van der Waals surface area contributed by atoms with Crippen molar-refractivity contribution in [2.75, 3.05) is 23.3 Å². The van der Waals surface area contributed by atoms with Gasteiger partial charge in [-0.2, -0.15) is 13.2 Å². The summed E-state index contributed by atoms with van der Waals surface area (Å²) < 4.78 is 36.0. The van der Waals surface area contributed by atoms with E-state index >= 15 is 0 Å². The van der Waals surface area contributed by atoms with Crippen molar-refractivity contribution in [2.24, 2.45) is 0 Å². The Morgan fingerprint density at radius 2 is 2.00 bits per heavy atom. The van der Waals surface area contributed by atoms with Gasteiger partial charge >= 0.3 is 5.51 Å². The summed E-state index contributed by atoms with van der Waals surface area (Å²) in [5.74, 6) is -0.0699. The van der Waals surface area contributed by atoms with Gasteiger partial charge in [0.05, 0.1) is 23.1 Å². The van der Waals surface area contributed by atoms with Crippen molar-refractivity contribution in [3.63, 3.8) is 0 Å². The molecular formula is C12H12F3N3S. The summed E-state index contributed by atoms with van der Waals surface area (Å²) in [6.45, 7) is 0.183. The van der Waals surface area contributed by atoms with Gasteiger partial charge in [0.1, 0.15) is 0 Å². The molecular weight excluding hydrogens is 275 g/mol. The number of nitrogen functional groups attached to an aromatic ring is 1. The van der Waals surface area contributed by atoms with E-state index in [1.807, 2.05) is 24.3 Å². The number of rotatable bonds is 4. The normalized spacial score (nSPS) is 11.7. The maximum absolute atomic E-state index is 12.0. The molecule has 0 unspecified atom stereocenters. The second kappa shape index (κ2) is 5.56. The second-order valence-corrected chi connectivity index (χ2v) is 4.99. The molecule has 7 heteroatoms. The Morgan fingerprint density at radius 1 is 1.26 bits per heavy atom. The number of nitrogens with two attached hydrogens (primary N) is 1. The third kappa shape index (κ3) is 3.66. The van der Waals surface area contributed by atoms with Crippen LogP contribution in [0.25, 0.3) is 10.9 Å². The fraction of sp³-hybridized carbons (Fsp3) is 0.250. The number of anilines is 2. The predicted molar refractivity (Wildman–Crippen MR) is 73.2 cm³/mol. The Bertz CT molecular complexity index is 572. The Hall–Kier alpha value is -1.63. The average molecular weight is 287 g/mol. The van der Waals surface area contributed by atoms with Crippen LogP contribution in [0.5, 0.6) is 0 Å². The number of nitrogens with one attached hydrogen (secondary N) is 1. The molecule has 0 aliphatic carbocycles. The largest absolute Gasteiger partial charge is 0.441 e. The summed E-state index contributed by atoms with van der Waals surface area (Å²) in [7, 11) is 0. The first-order valence-corrected chi connectivity index (χ1v) is 6.54. The average Bonchev–Trinajstić information content (AvgIpc) is 2.35. The van der Waals surface area contributed by atoms with Crippen LogP contribution in [0.4, 0.5) is 24.5 Å². The molecule has 0 bridgehead atoms. The molecule has 0 radical (unpaired) electrons. The summed E-state index contributed by atoms with van der Waals surface area (Å²) >= 11 is -0.0549. The molecule has 2 rings (SSSR count). The molecule has 0 saturated carbocycles. The third-order valence-corrected chi connectivity index (χ3v) is 3.21. The third-order valence-electron chi connectivity index (χ3n) is 2.47. The molecule has 0 atom stereocenters. The van der Waals surface area contributed by atoms with Crippen LogP contribution in [0.1, 0.15) is 0 Å². The van der Waals surface area contributed by atoms with Crippen LogP contribution in [0.3, 0.4) is 0 Å². The number of halogens is 3. The highest BCUT2D eigenvalue weighted by atomic mass is 32.2. The van der Waals surface area contributed by atoms with Crippen molar-refractivity contribution in [1.29, 1.82) is 0 Å². The molecule has 1 heterocycles. The molecule has 0 aliphatic rings. The minimum absolute atomic E-state index is 0.0549. The van der Waals surface area contributed by atoms with Gasteiger partial charge in [-0.05, 0) is 17.8 Å². The molecule has 0 saturated heterocycles. The SMILES string of the molecule is Nc1cnc2ccccc2c1NCCSC(F)(F)F. The van der Waals surface area contributed by atoms with E-state index in [4.69, 9.17) is 5.73 Å². The number of aromatic nitrogens is 1. The van der Waals surface area contributed by atoms with E-state index < -0.39 is 5.51 Å². The minimum atomic E-state index is -4.20. The lowest BCUT2D eigenvalue weighted by Crippen LogP contribution is -2.11. The first-order chi connectivity index (χ1) is 8.97. The summed E-state index contributed by atoms with van der Waals surface area (Å²) in [6.07, 6.45) is 1.50. The van der Waals surface area contributed by atoms with Gasteiger partial charge in [0, 0.05) is 17.7 Å². The van der Waals surface area contributed by atoms with Gasteiger partial charge in [-0.15, -0.1) is 0 Å². The first-order valence-electron chi connectivity index (χ1n) is 5.55. The van der Waals surface area contributed by atoms with Gasteiger partial charge in [0.15, 0.2) is 0 Å². The Labute approximate surface area is 112 Å². The molecule has 0 amide bonds. The zero-order chi connectivity index (χ0) is 13.9. The van der Waals surface area contributed by atoms with Gasteiger partial charge < -0.3 is 11.1 Å². The highest BCUT2D eigenvalue weighted by Gasteiger charge is 2.27. The molecule has 19 heavy (non-hydrogen) atoms. The van der Waals surface area contributed by atoms with Gasteiger partial charge in [0.2, 0.25) is 0 Å². The molecule has 0 spiro atoms. The van der Waals surface area contributed by atoms with Crippen molar-refractivity contribution < 1.29 is 13.2 Å². The van der Waals surface area contributed by atoms with Crippen molar-refractivity contribution in [3.05, 3.63) is 30.5 Å². The number of nitrogens with zero attached hydrogens (tertiary/aromatic N) is 1. The number of pyridine rings is 1. The molecule has 3 N–H and O–H groups in total. The zero-order valence-corrected chi connectivity index (χ0v) is 10.7. The van der Waals surface area contributed by atoms with E-state index in [1.54, 1.807) is 0 Å². The van der Waals surface area contributed by atoms with Crippen LogP contribution in [0.15, 0.2) is 30.5 Å². The number of benzene rings is 1. The first kappa shape index (κ1) is 13.8. The number of para-hydroxylation sites is 1. The topological polar surface area (TPSA) is 50.9 Å². The molecule has 0 fully saturated rings. The number of fused-ring (bicyclic) bond motifs is 1. The van der Waals surface area contributed by atoms with E-state index in [1.165, 1.54) is 6.20 Å². The molecule has 3 nitrogen and oxygen atoms in total. The molecule has 0 aliphatic heterocycles. The van der Waals surface area contributed by atoms with E-state index in [0.29, 0.717) is 11.4 Å². The maximum atomic E-state index is 12.0. The Kier molecular flexibility index (Phi) is 4.04. The summed E-state index contributed by atoms with van der Waals surface area (Å²) in [6, 6.07) is 7.33. The monoisotopic (exact) mass is 287 g/mol. The fourth-order valence-electron chi connectivity index (χ4n) is 1.70. The van der Waals surface area contributed by atoms with Crippen molar-refractivity contribution >= 4 is 34.0 Å². The molecule has 1 aromatic carbocycles. The number of hydrogen-bond acceptors (Lipinski definition) is 4. The van der Waals surface area contributed by atoms with Gasteiger partial charge in [-0.25, -0.2) is 0 Å². The lowest BCUT2D eigenvalue weighted by molar-refractivity contribution is -0.0327. The lowest BCUT2D eigenvalue weighted by atomic mass is 10.1. The standard InChI is InChI=1S/C12H12F3N3S/c13-12(14,15)19-6-5-17-11-8-3-1-2-4-10(8)18-7-9(11)16/h1-4,7H,5-6,16H2,(H,17,18). The predicted octanol–water partition coefficient (Wildman–Crippen LogP) is 3.48. The Morgan fingerprint density at radius 3 is 2.74 bits per heavy atom. The molecule has 1 aromatic heterocycles. The van der Waals surface area contributed by atoms with Crippen LogP contribution in [-0.2, 0) is 0 Å². The van der Waals surface area contributed by atoms with Crippen LogP contribution in [0, 0.1) is 0 Å². The van der Waals surface area contributed by atoms with E-state index in [-0.39, 0.29) is 24.1 Å². The Balaban J connectivity index is 2.10. The minimum Gasteiger partial charge on any atom is -0.396 e.